The number of hydrogen-bond acceptors (Lipinski definition) is 4. The molecule has 0 radical (unpaired) electrons. The number of halogens is 3. The minimum absolute atomic E-state index is 0.0300. The zero-order chi connectivity index (χ0) is 28.6. The normalized spacial score (nSPS) is 19.6. The Kier molecular flexibility index (Phi) is 7.30. The lowest BCUT2D eigenvalue weighted by atomic mass is 9.96. The maximum atomic E-state index is 14.1. The number of carbonyl (C=O) groups is 1. The van der Waals surface area contributed by atoms with Crippen LogP contribution in [-0.2, 0) is 0 Å². The van der Waals surface area contributed by atoms with Crippen molar-refractivity contribution in [3.05, 3.63) is 119 Å². The molecule has 41 heavy (non-hydrogen) atoms. The lowest BCUT2D eigenvalue weighted by molar-refractivity contribution is -0.173. The number of fused-ring (bicyclic) bond motifs is 1. The molecule has 1 amide bonds. The van der Waals surface area contributed by atoms with E-state index in [1.165, 1.54) is 17.2 Å². The van der Waals surface area contributed by atoms with Crippen LogP contribution in [0.25, 0.3) is 0 Å². The average molecular weight is 560 g/mol. The quantitative estimate of drug-likeness (QED) is 0.308. The van der Waals surface area contributed by atoms with Crippen molar-refractivity contribution < 1.29 is 18.0 Å². The number of anilines is 1. The van der Waals surface area contributed by atoms with E-state index < -0.39 is 18.3 Å². The SMILES string of the molecule is Cc1ccc([C@H]2C[C@H](C(F)(F)F)n3nc(C(=O)N4CCN(C(c5ccccc5)c5ccccc5)CC4)cc3N2)cc1. The highest BCUT2D eigenvalue weighted by Crippen LogP contribution is 2.43. The minimum Gasteiger partial charge on any atom is -0.363 e. The van der Waals surface area contributed by atoms with Gasteiger partial charge in [0.1, 0.15) is 5.82 Å². The average Bonchev–Trinajstić information content (AvgIpc) is 3.42. The molecular weight excluding hydrogens is 527 g/mol. The Morgan fingerprint density at radius 1 is 0.878 bits per heavy atom. The fourth-order valence-electron chi connectivity index (χ4n) is 5.93. The number of amides is 1. The van der Waals surface area contributed by atoms with Gasteiger partial charge in [-0.3, -0.25) is 9.69 Å². The number of nitrogens with zero attached hydrogens (tertiary/aromatic N) is 4. The summed E-state index contributed by atoms with van der Waals surface area (Å²) in [7, 11) is 0. The summed E-state index contributed by atoms with van der Waals surface area (Å²) in [5, 5.41) is 7.39. The number of benzene rings is 3. The smallest absolute Gasteiger partial charge is 0.363 e. The highest BCUT2D eigenvalue weighted by Gasteiger charge is 2.47. The number of piperazine rings is 1. The molecule has 3 aromatic carbocycles. The second kappa shape index (κ2) is 11.0. The molecule has 0 bridgehead atoms. The van der Waals surface area contributed by atoms with Crippen LogP contribution in [0.2, 0.25) is 0 Å². The number of aryl methyl sites for hydroxylation is 1. The Hall–Kier alpha value is -4.11. The monoisotopic (exact) mass is 559 g/mol. The fraction of sp³-hybridized carbons (Fsp3) is 0.312. The molecule has 2 atom stereocenters. The van der Waals surface area contributed by atoms with Crippen LogP contribution in [0.4, 0.5) is 19.0 Å². The molecule has 2 aliphatic rings. The third-order valence-corrected chi connectivity index (χ3v) is 8.09. The molecule has 0 aliphatic carbocycles. The molecule has 9 heteroatoms. The van der Waals surface area contributed by atoms with E-state index in [4.69, 9.17) is 0 Å². The molecule has 3 heterocycles. The van der Waals surface area contributed by atoms with E-state index in [-0.39, 0.29) is 29.9 Å². The van der Waals surface area contributed by atoms with Gasteiger partial charge in [0.05, 0.1) is 12.1 Å². The van der Waals surface area contributed by atoms with Gasteiger partial charge in [0, 0.05) is 38.7 Å². The molecule has 0 saturated carbocycles. The second-order valence-corrected chi connectivity index (χ2v) is 10.8. The lowest BCUT2D eigenvalue weighted by Crippen LogP contribution is -2.50. The van der Waals surface area contributed by atoms with E-state index >= 15 is 0 Å². The first-order valence-corrected chi connectivity index (χ1v) is 13.9. The van der Waals surface area contributed by atoms with Crippen LogP contribution in [0.1, 0.15) is 57.3 Å². The molecule has 1 aromatic heterocycles. The zero-order valence-corrected chi connectivity index (χ0v) is 22.8. The van der Waals surface area contributed by atoms with Crippen LogP contribution in [0, 0.1) is 6.92 Å². The summed E-state index contributed by atoms with van der Waals surface area (Å²) in [6.07, 6.45) is -4.70. The molecule has 6 nitrogen and oxygen atoms in total. The van der Waals surface area contributed by atoms with Gasteiger partial charge in [0.2, 0.25) is 0 Å². The van der Waals surface area contributed by atoms with Crippen LogP contribution in [0.3, 0.4) is 0 Å². The van der Waals surface area contributed by atoms with Crippen molar-refractivity contribution in [2.75, 3.05) is 31.5 Å². The van der Waals surface area contributed by atoms with Gasteiger partial charge in [-0.05, 0) is 23.6 Å². The Morgan fingerprint density at radius 3 is 2.02 bits per heavy atom. The zero-order valence-electron chi connectivity index (χ0n) is 22.8. The van der Waals surface area contributed by atoms with Crippen molar-refractivity contribution in [3.8, 4) is 0 Å². The van der Waals surface area contributed by atoms with E-state index in [0.717, 1.165) is 15.8 Å². The van der Waals surface area contributed by atoms with Gasteiger partial charge in [-0.25, -0.2) is 4.68 Å². The molecule has 6 rings (SSSR count). The third kappa shape index (κ3) is 5.59. The van der Waals surface area contributed by atoms with Gasteiger partial charge in [-0.2, -0.15) is 18.3 Å². The number of nitrogens with one attached hydrogen (secondary N) is 1. The van der Waals surface area contributed by atoms with E-state index in [1.54, 1.807) is 4.90 Å². The van der Waals surface area contributed by atoms with Crippen LogP contribution in [0.15, 0.2) is 91.0 Å². The fourth-order valence-corrected chi connectivity index (χ4v) is 5.93. The first kappa shape index (κ1) is 27.1. The number of rotatable bonds is 5. The molecule has 0 unspecified atom stereocenters. The van der Waals surface area contributed by atoms with E-state index in [1.807, 2.05) is 67.6 Å². The van der Waals surface area contributed by atoms with Crippen LogP contribution < -0.4 is 5.32 Å². The largest absolute Gasteiger partial charge is 0.410 e. The highest BCUT2D eigenvalue weighted by atomic mass is 19.4. The third-order valence-electron chi connectivity index (χ3n) is 8.09. The Balaban J connectivity index is 1.20. The summed E-state index contributed by atoms with van der Waals surface area (Å²) < 4.78 is 43.4. The molecule has 1 N–H and O–H groups in total. The van der Waals surface area contributed by atoms with Crippen molar-refractivity contribution in [3.63, 3.8) is 0 Å². The van der Waals surface area contributed by atoms with Crippen LogP contribution >= 0.6 is 0 Å². The van der Waals surface area contributed by atoms with Crippen molar-refractivity contribution in [2.45, 2.75) is 37.6 Å². The maximum Gasteiger partial charge on any atom is 0.410 e. The number of aromatic nitrogens is 2. The Labute approximate surface area is 237 Å². The number of alkyl halides is 3. The number of carbonyl (C=O) groups excluding carboxylic acids is 1. The highest BCUT2D eigenvalue weighted by molar-refractivity contribution is 5.93. The molecular formula is C32H32F3N5O. The standard InChI is InChI=1S/C32H32F3N5O/c1-22-12-14-23(15-13-22)26-20-28(32(33,34)35)40-29(36-26)21-27(37-40)31(41)39-18-16-38(17-19-39)30(24-8-4-2-5-9-24)25-10-6-3-7-11-25/h2-15,21,26,28,30,36H,16-20H2,1H3/t26-,28-/m1/s1. The summed E-state index contributed by atoms with van der Waals surface area (Å²) in [5.74, 6) is -0.142. The summed E-state index contributed by atoms with van der Waals surface area (Å²) in [6.45, 7) is 4.12. The molecule has 212 valence electrons. The van der Waals surface area contributed by atoms with Gasteiger partial charge in [0.15, 0.2) is 11.7 Å². The first-order chi connectivity index (χ1) is 19.8. The molecule has 1 fully saturated rings. The molecule has 2 aliphatic heterocycles. The van der Waals surface area contributed by atoms with Gasteiger partial charge in [-0.15, -0.1) is 0 Å². The van der Waals surface area contributed by atoms with E-state index in [2.05, 4.69) is 39.6 Å². The molecule has 4 aromatic rings. The second-order valence-electron chi connectivity index (χ2n) is 10.8. The van der Waals surface area contributed by atoms with Gasteiger partial charge < -0.3 is 10.2 Å². The topological polar surface area (TPSA) is 53.4 Å². The minimum atomic E-state index is -4.50. The van der Waals surface area contributed by atoms with Crippen molar-refractivity contribution >= 4 is 11.7 Å². The summed E-state index contributed by atoms with van der Waals surface area (Å²) in [4.78, 5) is 17.5. The van der Waals surface area contributed by atoms with Gasteiger partial charge in [0.25, 0.3) is 5.91 Å². The van der Waals surface area contributed by atoms with E-state index in [0.29, 0.717) is 26.2 Å². The summed E-state index contributed by atoms with van der Waals surface area (Å²) in [5.41, 5.74) is 4.18. The van der Waals surface area contributed by atoms with Crippen LogP contribution in [-0.4, -0.2) is 57.8 Å². The summed E-state index contributed by atoms with van der Waals surface area (Å²) in [6, 6.07) is 27.1. The first-order valence-electron chi connectivity index (χ1n) is 13.9. The van der Waals surface area contributed by atoms with Gasteiger partial charge >= 0.3 is 6.18 Å². The maximum absolute atomic E-state index is 14.1. The van der Waals surface area contributed by atoms with Crippen molar-refractivity contribution in [1.82, 2.24) is 19.6 Å². The number of hydrogen-bond donors (Lipinski definition) is 1. The molecule has 0 spiro atoms. The van der Waals surface area contributed by atoms with Crippen molar-refractivity contribution in [1.29, 1.82) is 0 Å². The van der Waals surface area contributed by atoms with E-state index in [9.17, 15) is 18.0 Å². The molecule has 1 saturated heterocycles. The Morgan fingerprint density at radius 2 is 1.46 bits per heavy atom. The Bertz CT molecular complexity index is 1440. The van der Waals surface area contributed by atoms with Crippen LogP contribution in [0.5, 0.6) is 0 Å². The predicted molar refractivity (Wildman–Crippen MR) is 152 cm³/mol. The van der Waals surface area contributed by atoms with Gasteiger partial charge in [-0.1, -0.05) is 90.5 Å². The lowest BCUT2D eigenvalue weighted by Gasteiger charge is -2.39. The summed E-state index contributed by atoms with van der Waals surface area (Å²) >= 11 is 0. The predicted octanol–water partition coefficient (Wildman–Crippen LogP) is 6.40. The van der Waals surface area contributed by atoms with Crippen molar-refractivity contribution in [2.24, 2.45) is 0 Å².